The Morgan fingerprint density at radius 3 is 2.59 bits per heavy atom. The smallest absolute Gasteiger partial charge is 0.317 e. The van der Waals surface area contributed by atoms with Crippen LogP contribution in [0.5, 0.6) is 0 Å². The van der Waals surface area contributed by atoms with Crippen molar-refractivity contribution in [1.29, 1.82) is 0 Å². The first-order valence-electron chi connectivity index (χ1n) is 19.1. The molecule has 4 heterocycles. The van der Waals surface area contributed by atoms with Crippen LogP contribution in [-0.4, -0.2) is 94.8 Å². The highest BCUT2D eigenvalue weighted by Gasteiger charge is 2.62. The van der Waals surface area contributed by atoms with Crippen LogP contribution < -0.4 is 20.9 Å². The van der Waals surface area contributed by atoms with E-state index in [4.69, 9.17) is 0 Å². The second-order valence-corrected chi connectivity index (χ2v) is 19.4. The molecule has 0 radical (unpaired) electrons. The van der Waals surface area contributed by atoms with Gasteiger partial charge in [-0.15, -0.1) is 17.9 Å². The van der Waals surface area contributed by atoms with Crippen molar-refractivity contribution in [1.82, 2.24) is 34.9 Å². The highest BCUT2D eigenvalue weighted by Crippen LogP contribution is 2.46. The molecule has 3 fully saturated rings. The number of aromatic nitrogens is 2. The van der Waals surface area contributed by atoms with Gasteiger partial charge in [0.25, 0.3) is 11.5 Å². The number of carbonyl (C=O) groups is 4. The minimum absolute atomic E-state index is 0.0260. The van der Waals surface area contributed by atoms with Crippen LogP contribution in [0.1, 0.15) is 70.9 Å². The number of urea groups is 1. The van der Waals surface area contributed by atoms with Gasteiger partial charge >= 0.3 is 6.03 Å². The van der Waals surface area contributed by atoms with E-state index in [1.54, 1.807) is 24.6 Å². The molecule has 0 spiro atoms. The zero-order chi connectivity index (χ0) is 40.2. The van der Waals surface area contributed by atoms with Crippen LogP contribution in [0.15, 0.2) is 65.4 Å². The number of carbonyl (C=O) groups excluding carboxylic acids is 4. The van der Waals surface area contributed by atoms with E-state index < -0.39 is 74.0 Å². The Kier molecular flexibility index (Phi) is 10.5. The van der Waals surface area contributed by atoms with Crippen LogP contribution in [0, 0.1) is 11.3 Å². The number of nitrogens with one attached hydrogen (secondary N) is 3. The van der Waals surface area contributed by atoms with E-state index >= 15 is 0 Å². The average Bonchev–Trinajstić information content (AvgIpc) is 4.03. The number of nitrogens with zero attached hydrogens (tertiary/aromatic N) is 4. The number of hydrogen-bond donors (Lipinski definition) is 3. The summed E-state index contributed by atoms with van der Waals surface area (Å²) < 4.78 is 30.1. The first kappa shape index (κ1) is 39.4. The third kappa shape index (κ3) is 7.64. The molecule has 2 unspecified atom stereocenters. The Hall–Kier alpha value is -4.83. The van der Waals surface area contributed by atoms with Gasteiger partial charge in [0, 0.05) is 48.3 Å². The molecule has 14 nitrogen and oxygen atoms in total. The predicted molar refractivity (Wildman–Crippen MR) is 214 cm³/mol. The second kappa shape index (κ2) is 14.9. The predicted octanol–water partition coefficient (Wildman–Crippen LogP) is 3.88. The van der Waals surface area contributed by atoms with E-state index in [-0.39, 0.29) is 24.9 Å². The number of thiophene rings is 1. The minimum atomic E-state index is -3.92. The van der Waals surface area contributed by atoms with E-state index in [1.165, 1.54) is 20.6 Å². The summed E-state index contributed by atoms with van der Waals surface area (Å²) in [7, 11) is -2.26. The van der Waals surface area contributed by atoms with Gasteiger partial charge in [-0.25, -0.2) is 17.9 Å². The summed E-state index contributed by atoms with van der Waals surface area (Å²) in [5, 5.41) is 12.8. The summed E-state index contributed by atoms with van der Waals surface area (Å²) in [6.45, 7) is 9.56. The fourth-order valence-corrected chi connectivity index (χ4v) is 9.94. The van der Waals surface area contributed by atoms with Crippen molar-refractivity contribution in [3.8, 4) is 11.1 Å². The van der Waals surface area contributed by atoms with Gasteiger partial charge in [0.15, 0.2) is 0 Å². The molecule has 4 aliphatic rings. The molecule has 2 aliphatic heterocycles. The van der Waals surface area contributed by atoms with Crippen LogP contribution in [0.4, 0.5) is 4.79 Å². The summed E-state index contributed by atoms with van der Waals surface area (Å²) in [5.74, 6) is -2.62. The highest BCUT2D eigenvalue weighted by atomic mass is 32.2. The van der Waals surface area contributed by atoms with Gasteiger partial charge in [0.2, 0.25) is 21.8 Å². The van der Waals surface area contributed by atoms with Gasteiger partial charge in [-0.05, 0) is 72.4 Å². The van der Waals surface area contributed by atoms with Gasteiger partial charge in [-0.1, -0.05) is 51.1 Å². The Morgan fingerprint density at radius 1 is 1.12 bits per heavy atom. The van der Waals surface area contributed by atoms with Crippen LogP contribution in [-0.2, 0) is 30.8 Å². The first-order chi connectivity index (χ1) is 26.5. The Bertz CT molecular complexity index is 2290. The van der Waals surface area contributed by atoms with Crippen molar-refractivity contribution < 1.29 is 27.6 Å². The standard InChI is InChI=1S/C40H49N7O7S2/c1-6-26-21-40(26,37(51)44-56(53,54)28-14-15-28)43-34(48)31-20-27-23-46(31)36(50)33(39(2,3)4)42-38(52)45(5)17-10-8-7-9-11-29-30(22-41-47(27)35(29)49)25-13-12-24-16-18-55-32(24)19-25/h6-7,9,12-13,16,18-19,22,26-28,31,33H,1,8,10-11,14-15,17,20-21,23H2,2-5H3,(H,42,52)(H,43,48)(H,44,51)/b9-7+/t26-,27?,31+,33-,40?/m1/s1. The normalized spacial score (nSPS) is 26.6. The molecular weight excluding hydrogens is 755 g/mol. The van der Waals surface area contributed by atoms with Crippen LogP contribution >= 0.6 is 11.3 Å². The van der Waals surface area contributed by atoms with E-state index in [0.717, 1.165) is 15.6 Å². The van der Waals surface area contributed by atoms with Crippen molar-refractivity contribution in [2.24, 2.45) is 11.3 Å². The van der Waals surface area contributed by atoms with Crippen LogP contribution in [0.3, 0.4) is 0 Å². The maximum atomic E-state index is 14.7. The SMILES string of the molecule is C=C[C@@H]1CC1(NC(=O)[C@@H]1CC2CN1C(=O)[C@H](C(C)(C)C)NC(=O)N(C)CCC/C=C/Cc1c(-c3ccc4ccsc4c3)cnn2c1=O)C(=O)NS(=O)(=O)C1CC1. The molecule has 3 N–H and O–H groups in total. The largest absolute Gasteiger partial charge is 0.339 e. The molecule has 3 aromatic rings. The minimum Gasteiger partial charge on any atom is -0.339 e. The Balaban J connectivity index is 1.28. The number of hydrogen-bond acceptors (Lipinski definition) is 9. The molecule has 56 heavy (non-hydrogen) atoms. The van der Waals surface area contributed by atoms with Gasteiger partial charge < -0.3 is 20.4 Å². The van der Waals surface area contributed by atoms with E-state index in [0.29, 0.717) is 49.8 Å². The lowest BCUT2D eigenvalue weighted by atomic mass is 9.85. The van der Waals surface area contributed by atoms with Gasteiger partial charge in [0.05, 0.1) is 17.5 Å². The Labute approximate surface area is 330 Å². The first-order valence-corrected chi connectivity index (χ1v) is 21.5. The third-order valence-electron chi connectivity index (χ3n) is 11.4. The topological polar surface area (TPSA) is 180 Å². The van der Waals surface area contributed by atoms with Crippen LogP contribution in [0.25, 0.3) is 21.2 Å². The molecule has 7 rings (SSSR count). The van der Waals surface area contributed by atoms with Crippen molar-refractivity contribution >= 4 is 55.2 Å². The molecule has 2 aliphatic carbocycles. The monoisotopic (exact) mass is 803 g/mol. The number of rotatable bonds is 7. The molecule has 298 valence electrons. The average molecular weight is 804 g/mol. The lowest BCUT2D eigenvalue weighted by Crippen LogP contribution is -2.61. The molecule has 1 aromatic carbocycles. The zero-order valence-electron chi connectivity index (χ0n) is 32.1. The molecule has 16 heteroatoms. The summed E-state index contributed by atoms with van der Waals surface area (Å²) >= 11 is 1.61. The van der Waals surface area contributed by atoms with Crippen molar-refractivity contribution in [2.45, 2.75) is 94.6 Å². The van der Waals surface area contributed by atoms with E-state index in [9.17, 15) is 32.4 Å². The highest BCUT2D eigenvalue weighted by molar-refractivity contribution is 7.91. The number of amides is 5. The number of fused-ring (bicyclic) bond motifs is 6. The molecular formula is C40H49N7O7S2. The lowest BCUT2D eigenvalue weighted by Gasteiger charge is -2.36. The van der Waals surface area contributed by atoms with Crippen molar-refractivity contribution in [2.75, 3.05) is 20.1 Å². The maximum absolute atomic E-state index is 14.7. The second-order valence-electron chi connectivity index (χ2n) is 16.5. The molecule has 2 saturated carbocycles. The van der Waals surface area contributed by atoms with Gasteiger partial charge in [-0.2, -0.15) is 5.10 Å². The molecule has 4 bridgehead atoms. The van der Waals surface area contributed by atoms with Crippen molar-refractivity contribution in [3.05, 3.63) is 76.6 Å². The molecule has 5 atom stereocenters. The molecule has 2 aromatic heterocycles. The summed E-state index contributed by atoms with van der Waals surface area (Å²) in [5.41, 5.74) is -0.681. The molecule has 5 amide bonds. The fourth-order valence-electron chi connectivity index (χ4n) is 7.75. The quantitative estimate of drug-likeness (QED) is 0.301. The Morgan fingerprint density at radius 2 is 1.89 bits per heavy atom. The third-order valence-corrected chi connectivity index (χ3v) is 14.1. The summed E-state index contributed by atoms with van der Waals surface area (Å²) in [4.78, 5) is 73.7. The molecule has 1 saturated heterocycles. The van der Waals surface area contributed by atoms with Crippen molar-refractivity contribution in [3.63, 3.8) is 0 Å². The summed E-state index contributed by atoms with van der Waals surface area (Å²) in [6.07, 6.45) is 9.73. The number of benzene rings is 1. The van der Waals surface area contributed by atoms with Crippen LogP contribution in [0.2, 0.25) is 0 Å². The zero-order valence-corrected chi connectivity index (χ0v) is 33.8. The number of sulfonamides is 1. The fraction of sp³-hybridized carbons (Fsp3) is 0.500. The van der Waals surface area contributed by atoms with E-state index in [2.05, 4.69) is 27.0 Å². The maximum Gasteiger partial charge on any atom is 0.317 e. The number of allylic oxidation sites excluding steroid dienone is 2. The van der Waals surface area contributed by atoms with Gasteiger partial charge in [-0.3, -0.25) is 23.9 Å². The van der Waals surface area contributed by atoms with E-state index in [1.807, 2.05) is 62.6 Å². The lowest BCUT2D eigenvalue weighted by molar-refractivity contribution is -0.142. The van der Waals surface area contributed by atoms with Gasteiger partial charge in [0.1, 0.15) is 17.6 Å². The summed E-state index contributed by atoms with van der Waals surface area (Å²) in [6, 6.07) is 4.61.